The molecule has 1 fully saturated rings. The van der Waals surface area contributed by atoms with E-state index in [0.29, 0.717) is 36.2 Å². The maximum absolute atomic E-state index is 12.7. The number of nitrogens with zero attached hydrogens (tertiary/aromatic N) is 1. The summed E-state index contributed by atoms with van der Waals surface area (Å²) in [6.07, 6.45) is 5.53. The zero-order valence-electron chi connectivity index (χ0n) is 17.4. The van der Waals surface area contributed by atoms with E-state index in [-0.39, 0.29) is 18.1 Å². The fourth-order valence-corrected chi connectivity index (χ4v) is 3.48. The van der Waals surface area contributed by atoms with Crippen molar-refractivity contribution in [3.63, 3.8) is 0 Å². The molecule has 1 aliphatic rings. The molecule has 0 spiro atoms. The number of benzene rings is 1. The second-order valence-electron chi connectivity index (χ2n) is 7.27. The smallest absolute Gasteiger partial charge is 0.251 e. The molecule has 0 unspecified atom stereocenters. The van der Waals surface area contributed by atoms with Gasteiger partial charge in [-0.15, -0.1) is 0 Å². The Hall–Kier alpha value is -2.76. The van der Waals surface area contributed by atoms with E-state index in [2.05, 4.69) is 10.3 Å². The average Bonchev–Trinajstić information content (AvgIpc) is 2.73. The summed E-state index contributed by atoms with van der Waals surface area (Å²) in [6, 6.07) is 9.38. The standard InChI is InChI=1S/C23H30N2O4/c1-4-27-20-12-7-17(14-21(20)28-5-2)23(26)25-18-8-10-19(11-9-18)29-22-13-6-16(3)15-24-22/h6-7,12-15,18-19H,4-5,8-11H2,1-3H3,(H,25,26). The summed E-state index contributed by atoms with van der Waals surface area (Å²) in [6.45, 7) is 6.91. The molecule has 1 amide bonds. The lowest BCUT2D eigenvalue weighted by Crippen LogP contribution is -2.39. The zero-order chi connectivity index (χ0) is 20.6. The molecule has 0 bridgehead atoms. The molecule has 1 aliphatic carbocycles. The Balaban J connectivity index is 1.52. The first kappa shape index (κ1) is 21.0. The fourth-order valence-electron chi connectivity index (χ4n) is 3.48. The molecule has 6 nitrogen and oxygen atoms in total. The number of aromatic nitrogens is 1. The van der Waals surface area contributed by atoms with Crippen LogP contribution >= 0.6 is 0 Å². The van der Waals surface area contributed by atoms with Gasteiger partial charge >= 0.3 is 0 Å². The average molecular weight is 399 g/mol. The van der Waals surface area contributed by atoms with Crippen LogP contribution < -0.4 is 19.5 Å². The van der Waals surface area contributed by atoms with Crippen molar-refractivity contribution in [2.24, 2.45) is 0 Å². The molecular weight excluding hydrogens is 368 g/mol. The normalized spacial score (nSPS) is 18.7. The van der Waals surface area contributed by atoms with Gasteiger partial charge in [0.15, 0.2) is 11.5 Å². The van der Waals surface area contributed by atoms with Crippen LogP contribution in [-0.2, 0) is 0 Å². The van der Waals surface area contributed by atoms with Gasteiger partial charge < -0.3 is 19.5 Å². The van der Waals surface area contributed by atoms with E-state index < -0.39 is 0 Å². The van der Waals surface area contributed by atoms with E-state index in [1.807, 2.05) is 39.1 Å². The van der Waals surface area contributed by atoms with E-state index in [1.54, 1.807) is 18.2 Å². The molecule has 1 aromatic heterocycles. The van der Waals surface area contributed by atoms with Crippen molar-refractivity contribution < 1.29 is 19.0 Å². The van der Waals surface area contributed by atoms with Gasteiger partial charge in [-0.1, -0.05) is 6.07 Å². The van der Waals surface area contributed by atoms with Crippen LogP contribution in [0, 0.1) is 6.92 Å². The number of amides is 1. The summed E-state index contributed by atoms with van der Waals surface area (Å²) in [7, 11) is 0. The predicted octanol–water partition coefficient (Wildman–Crippen LogP) is 4.31. The lowest BCUT2D eigenvalue weighted by atomic mass is 9.92. The molecule has 0 atom stereocenters. The molecule has 0 aliphatic heterocycles. The van der Waals surface area contributed by atoms with Crippen molar-refractivity contribution in [2.45, 2.75) is 58.6 Å². The van der Waals surface area contributed by atoms with Crippen molar-refractivity contribution in [3.05, 3.63) is 47.7 Å². The largest absolute Gasteiger partial charge is 0.490 e. The minimum absolute atomic E-state index is 0.0847. The minimum Gasteiger partial charge on any atom is -0.490 e. The van der Waals surface area contributed by atoms with Crippen LogP contribution in [0.1, 0.15) is 55.5 Å². The summed E-state index contributed by atoms with van der Waals surface area (Å²) in [5.74, 6) is 1.84. The Morgan fingerprint density at radius 2 is 1.76 bits per heavy atom. The molecule has 156 valence electrons. The number of aryl methyl sites for hydroxylation is 1. The summed E-state index contributed by atoms with van der Waals surface area (Å²) in [5, 5.41) is 3.14. The van der Waals surface area contributed by atoms with Crippen LogP contribution in [-0.4, -0.2) is 36.3 Å². The van der Waals surface area contributed by atoms with Gasteiger partial charge in [0.05, 0.1) is 13.2 Å². The molecule has 0 saturated heterocycles. The third-order valence-electron chi connectivity index (χ3n) is 4.99. The third kappa shape index (κ3) is 5.86. The molecule has 29 heavy (non-hydrogen) atoms. The van der Waals surface area contributed by atoms with E-state index in [1.165, 1.54) is 0 Å². The molecule has 1 aromatic carbocycles. The Morgan fingerprint density at radius 3 is 2.41 bits per heavy atom. The Morgan fingerprint density at radius 1 is 1.03 bits per heavy atom. The van der Waals surface area contributed by atoms with Gasteiger partial charge in [0.1, 0.15) is 6.10 Å². The molecule has 0 radical (unpaired) electrons. The summed E-state index contributed by atoms with van der Waals surface area (Å²) < 4.78 is 17.2. The summed E-state index contributed by atoms with van der Waals surface area (Å²) in [5.41, 5.74) is 1.70. The van der Waals surface area contributed by atoms with Crippen LogP contribution in [0.3, 0.4) is 0 Å². The summed E-state index contributed by atoms with van der Waals surface area (Å²) >= 11 is 0. The quantitative estimate of drug-likeness (QED) is 0.718. The number of ether oxygens (including phenoxy) is 3. The van der Waals surface area contributed by atoms with Crippen LogP contribution in [0.4, 0.5) is 0 Å². The van der Waals surface area contributed by atoms with Gasteiger partial charge in [0.25, 0.3) is 5.91 Å². The van der Waals surface area contributed by atoms with Crippen LogP contribution in [0.5, 0.6) is 17.4 Å². The lowest BCUT2D eigenvalue weighted by molar-refractivity contribution is 0.0889. The topological polar surface area (TPSA) is 69.7 Å². The predicted molar refractivity (Wildman–Crippen MR) is 112 cm³/mol. The van der Waals surface area contributed by atoms with Gasteiger partial charge in [0, 0.05) is 23.9 Å². The highest BCUT2D eigenvalue weighted by molar-refractivity contribution is 5.95. The SMILES string of the molecule is CCOc1ccc(C(=O)NC2CCC(Oc3ccc(C)cn3)CC2)cc1OCC. The van der Waals surface area contributed by atoms with Gasteiger partial charge in [-0.05, 0) is 70.2 Å². The van der Waals surface area contributed by atoms with Crippen molar-refractivity contribution in [3.8, 4) is 17.4 Å². The van der Waals surface area contributed by atoms with Crippen molar-refractivity contribution in [1.29, 1.82) is 0 Å². The number of carbonyl (C=O) groups is 1. The third-order valence-corrected chi connectivity index (χ3v) is 4.99. The minimum atomic E-state index is -0.0847. The highest BCUT2D eigenvalue weighted by Crippen LogP contribution is 2.29. The van der Waals surface area contributed by atoms with Crippen molar-refractivity contribution in [2.75, 3.05) is 13.2 Å². The monoisotopic (exact) mass is 398 g/mol. The second-order valence-corrected chi connectivity index (χ2v) is 7.27. The highest BCUT2D eigenvalue weighted by atomic mass is 16.5. The molecule has 6 heteroatoms. The van der Waals surface area contributed by atoms with Crippen molar-refractivity contribution >= 4 is 5.91 Å². The molecule has 1 N–H and O–H groups in total. The number of hydrogen-bond donors (Lipinski definition) is 1. The number of rotatable bonds is 8. The van der Waals surface area contributed by atoms with Gasteiger partial charge in [-0.3, -0.25) is 4.79 Å². The van der Waals surface area contributed by atoms with E-state index in [9.17, 15) is 4.79 Å². The van der Waals surface area contributed by atoms with Gasteiger partial charge in [0.2, 0.25) is 5.88 Å². The molecule has 1 saturated carbocycles. The van der Waals surface area contributed by atoms with Crippen LogP contribution in [0.15, 0.2) is 36.5 Å². The summed E-state index contributed by atoms with van der Waals surface area (Å²) in [4.78, 5) is 17.0. The van der Waals surface area contributed by atoms with E-state index in [0.717, 1.165) is 31.2 Å². The zero-order valence-corrected chi connectivity index (χ0v) is 17.4. The second kappa shape index (κ2) is 10.1. The van der Waals surface area contributed by atoms with Crippen LogP contribution in [0.2, 0.25) is 0 Å². The van der Waals surface area contributed by atoms with Gasteiger partial charge in [-0.2, -0.15) is 0 Å². The number of pyridine rings is 1. The van der Waals surface area contributed by atoms with Crippen molar-refractivity contribution in [1.82, 2.24) is 10.3 Å². The highest BCUT2D eigenvalue weighted by Gasteiger charge is 2.24. The Labute approximate surface area is 172 Å². The van der Waals surface area contributed by atoms with E-state index >= 15 is 0 Å². The number of carbonyl (C=O) groups excluding carboxylic acids is 1. The maximum Gasteiger partial charge on any atom is 0.251 e. The molecule has 3 rings (SSSR count). The van der Waals surface area contributed by atoms with E-state index in [4.69, 9.17) is 14.2 Å². The van der Waals surface area contributed by atoms with Gasteiger partial charge in [-0.25, -0.2) is 4.98 Å². The first-order chi connectivity index (χ1) is 14.1. The lowest BCUT2D eigenvalue weighted by Gasteiger charge is -2.29. The molecular formula is C23H30N2O4. The number of hydrogen-bond acceptors (Lipinski definition) is 5. The number of nitrogens with one attached hydrogen (secondary N) is 1. The van der Waals surface area contributed by atoms with Crippen LogP contribution in [0.25, 0.3) is 0 Å². The first-order valence-corrected chi connectivity index (χ1v) is 10.4. The Kier molecular flexibility index (Phi) is 7.33. The first-order valence-electron chi connectivity index (χ1n) is 10.4. The maximum atomic E-state index is 12.7. The fraction of sp³-hybridized carbons (Fsp3) is 0.478. The Bertz CT molecular complexity index is 799. The molecule has 2 aromatic rings. The molecule has 1 heterocycles.